The van der Waals surface area contributed by atoms with E-state index >= 15 is 0 Å². The summed E-state index contributed by atoms with van der Waals surface area (Å²) in [5.74, 6) is 0.706. The van der Waals surface area contributed by atoms with E-state index in [1.807, 2.05) is 51.1 Å². The third-order valence-electron chi connectivity index (χ3n) is 4.12. The van der Waals surface area contributed by atoms with Crippen LogP contribution in [-0.4, -0.2) is 19.1 Å². The highest BCUT2D eigenvalue weighted by atomic mass is 127. The minimum absolute atomic E-state index is 0.00114. The molecule has 2 aromatic carbocycles. The molecule has 0 aromatic heterocycles. The first-order valence-electron chi connectivity index (χ1n) is 9.10. The van der Waals surface area contributed by atoms with Crippen LogP contribution >= 0.6 is 22.6 Å². The molecule has 0 aliphatic carbocycles. The van der Waals surface area contributed by atoms with Crippen molar-refractivity contribution in [1.29, 1.82) is 5.26 Å². The van der Waals surface area contributed by atoms with Crippen molar-refractivity contribution < 1.29 is 14.3 Å². The summed E-state index contributed by atoms with van der Waals surface area (Å²) in [5, 5.41) is 12.3. The van der Waals surface area contributed by atoms with Crippen LogP contribution in [0.15, 0.2) is 48.6 Å². The van der Waals surface area contributed by atoms with Gasteiger partial charge in [0.25, 0.3) is 5.91 Å². The molecular formula is C23H23IN2O3. The Morgan fingerprint density at radius 2 is 2.00 bits per heavy atom. The molecule has 0 radical (unpaired) electrons. The molecule has 0 bridgehead atoms. The highest BCUT2D eigenvalue weighted by molar-refractivity contribution is 14.1. The predicted octanol–water partition coefficient (Wildman–Crippen LogP) is 5.42. The lowest BCUT2D eigenvalue weighted by atomic mass is 10.1. The van der Waals surface area contributed by atoms with Crippen molar-refractivity contribution in [3.63, 3.8) is 0 Å². The van der Waals surface area contributed by atoms with Gasteiger partial charge in [0.15, 0.2) is 11.5 Å². The van der Waals surface area contributed by atoms with Crippen molar-refractivity contribution in [1.82, 2.24) is 0 Å². The number of nitriles is 1. The number of hydrogen-bond donors (Lipinski definition) is 1. The Labute approximate surface area is 185 Å². The highest BCUT2D eigenvalue weighted by Gasteiger charge is 2.14. The number of nitrogens with one attached hydrogen (secondary N) is 1. The van der Waals surface area contributed by atoms with Gasteiger partial charge in [-0.1, -0.05) is 18.7 Å². The van der Waals surface area contributed by atoms with E-state index in [9.17, 15) is 10.1 Å². The second kappa shape index (κ2) is 10.7. The van der Waals surface area contributed by atoms with Crippen LogP contribution in [0.4, 0.5) is 5.69 Å². The lowest BCUT2D eigenvalue weighted by molar-refractivity contribution is -0.112. The molecule has 2 aromatic rings. The maximum Gasteiger partial charge on any atom is 0.266 e. The van der Waals surface area contributed by atoms with Crippen LogP contribution in [-0.2, 0) is 4.79 Å². The van der Waals surface area contributed by atoms with E-state index in [-0.39, 0.29) is 5.57 Å². The zero-order valence-corrected chi connectivity index (χ0v) is 18.9. The molecule has 0 heterocycles. The molecule has 1 N–H and O–H groups in total. The second-order valence-electron chi connectivity index (χ2n) is 6.29. The molecule has 0 fully saturated rings. The summed E-state index contributed by atoms with van der Waals surface area (Å²) in [7, 11) is 0. The van der Waals surface area contributed by atoms with Gasteiger partial charge in [0.2, 0.25) is 0 Å². The highest BCUT2D eigenvalue weighted by Crippen LogP contribution is 2.35. The standard InChI is InChI=1S/C23H23IN2O3/c1-5-9-29-22-20(24)12-17(13-21(22)28-6-2)11-18(14-25)23(27)26-19-8-7-15(3)16(4)10-19/h5,7-8,10-13H,1,6,9H2,2-4H3,(H,26,27)/b18-11+. The van der Waals surface area contributed by atoms with Crippen molar-refractivity contribution >= 4 is 40.3 Å². The Bertz CT molecular complexity index is 990. The Kier molecular flexibility index (Phi) is 8.28. The van der Waals surface area contributed by atoms with E-state index < -0.39 is 5.91 Å². The van der Waals surface area contributed by atoms with E-state index in [1.54, 1.807) is 18.2 Å². The summed E-state index contributed by atoms with van der Waals surface area (Å²) in [5.41, 5.74) is 3.53. The number of ether oxygens (including phenoxy) is 2. The van der Waals surface area contributed by atoms with Crippen molar-refractivity contribution in [2.75, 3.05) is 18.5 Å². The van der Waals surface area contributed by atoms with Gasteiger partial charge in [-0.25, -0.2) is 0 Å². The molecule has 1 amide bonds. The van der Waals surface area contributed by atoms with Gasteiger partial charge in [-0.15, -0.1) is 0 Å². The minimum Gasteiger partial charge on any atom is -0.490 e. The number of aryl methyl sites for hydroxylation is 2. The maximum atomic E-state index is 12.6. The molecule has 29 heavy (non-hydrogen) atoms. The molecule has 0 unspecified atom stereocenters. The van der Waals surface area contributed by atoms with Crippen molar-refractivity contribution in [3.8, 4) is 17.6 Å². The summed E-state index contributed by atoms with van der Waals surface area (Å²) in [6.45, 7) is 10.3. The maximum absolute atomic E-state index is 12.6. The van der Waals surface area contributed by atoms with Gasteiger partial charge in [-0.3, -0.25) is 4.79 Å². The number of carbonyl (C=O) groups is 1. The molecule has 0 saturated carbocycles. The molecule has 0 spiro atoms. The van der Waals surface area contributed by atoms with E-state index in [0.717, 1.165) is 14.7 Å². The second-order valence-corrected chi connectivity index (χ2v) is 7.45. The summed E-state index contributed by atoms with van der Waals surface area (Å²) >= 11 is 2.14. The average Bonchev–Trinajstić information content (AvgIpc) is 2.68. The number of anilines is 1. The number of halogens is 1. The van der Waals surface area contributed by atoms with Crippen molar-refractivity contribution in [2.24, 2.45) is 0 Å². The molecule has 6 heteroatoms. The number of hydrogen-bond acceptors (Lipinski definition) is 4. The fourth-order valence-electron chi connectivity index (χ4n) is 2.55. The normalized spacial score (nSPS) is 10.8. The quantitative estimate of drug-likeness (QED) is 0.227. The molecule has 0 aliphatic heterocycles. The number of benzene rings is 2. The van der Waals surface area contributed by atoms with Crippen LogP contribution in [0.25, 0.3) is 6.08 Å². The summed E-state index contributed by atoms with van der Waals surface area (Å²) < 4.78 is 12.2. The molecule has 0 saturated heterocycles. The van der Waals surface area contributed by atoms with E-state index in [0.29, 0.717) is 36.0 Å². The van der Waals surface area contributed by atoms with E-state index in [4.69, 9.17) is 9.47 Å². The Morgan fingerprint density at radius 1 is 1.24 bits per heavy atom. The first-order chi connectivity index (χ1) is 13.9. The lowest BCUT2D eigenvalue weighted by Gasteiger charge is -2.14. The first kappa shape index (κ1) is 22.5. The molecular weight excluding hydrogens is 479 g/mol. The molecule has 0 aliphatic rings. The predicted molar refractivity (Wildman–Crippen MR) is 124 cm³/mol. The smallest absolute Gasteiger partial charge is 0.266 e. The largest absolute Gasteiger partial charge is 0.490 e. The lowest BCUT2D eigenvalue weighted by Crippen LogP contribution is -2.13. The summed E-state index contributed by atoms with van der Waals surface area (Å²) in [4.78, 5) is 12.6. The Hall–Kier alpha value is -2.79. The average molecular weight is 502 g/mol. The van der Waals surface area contributed by atoms with Crippen LogP contribution in [0, 0.1) is 28.7 Å². The third-order valence-corrected chi connectivity index (χ3v) is 4.92. The fraction of sp³-hybridized carbons (Fsp3) is 0.217. The van der Waals surface area contributed by atoms with Gasteiger partial charge in [0.1, 0.15) is 18.2 Å². The van der Waals surface area contributed by atoms with E-state index in [2.05, 4.69) is 34.5 Å². The van der Waals surface area contributed by atoms with E-state index in [1.165, 1.54) is 0 Å². The van der Waals surface area contributed by atoms with Gasteiger partial charge in [-0.05, 0) is 90.4 Å². The molecule has 5 nitrogen and oxygen atoms in total. The topological polar surface area (TPSA) is 71.3 Å². The summed E-state index contributed by atoms with van der Waals surface area (Å²) in [6, 6.07) is 11.2. The Balaban J connectivity index is 2.33. The van der Waals surface area contributed by atoms with Crippen LogP contribution < -0.4 is 14.8 Å². The molecule has 0 atom stereocenters. The number of rotatable bonds is 8. The first-order valence-corrected chi connectivity index (χ1v) is 10.2. The van der Waals surface area contributed by atoms with Crippen LogP contribution in [0.1, 0.15) is 23.6 Å². The number of amides is 1. The zero-order valence-electron chi connectivity index (χ0n) is 16.7. The van der Waals surface area contributed by atoms with Crippen LogP contribution in [0.5, 0.6) is 11.5 Å². The van der Waals surface area contributed by atoms with Gasteiger partial charge < -0.3 is 14.8 Å². The molecule has 2 rings (SSSR count). The monoisotopic (exact) mass is 502 g/mol. The third kappa shape index (κ3) is 6.09. The van der Waals surface area contributed by atoms with Gasteiger partial charge >= 0.3 is 0 Å². The van der Waals surface area contributed by atoms with Crippen LogP contribution in [0.3, 0.4) is 0 Å². The zero-order chi connectivity index (χ0) is 21.4. The molecule has 150 valence electrons. The summed E-state index contributed by atoms with van der Waals surface area (Å²) in [6.07, 6.45) is 3.20. The van der Waals surface area contributed by atoms with Gasteiger partial charge in [0.05, 0.1) is 10.2 Å². The number of nitrogens with zero attached hydrogens (tertiary/aromatic N) is 1. The SMILES string of the molecule is C=CCOc1c(I)cc(/C=C(\C#N)C(=O)Nc2ccc(C)c(C)c2)cc1OCC. The van der Waals surface area contributed by atoms with Crippen LogP contribution in [0.2, 0.25) is 0 Å². The number of carbonyl (C=O) groups excluding carboxylic acids is 1. The van der Waals surface area contributed by atoms with Crippen molar-refractivity contribution in [3.05, 3.63) is 68.8 Å². The van der Waals surface area contributed by atoms with Gasteiger partial charge in [-0.2, -0.15) is 5.26 Å². The fourth-order valence-corrected chi connectivity index (χ4v) is 3.33. The minimum atomic E-state index is -0.462. The van der Waals surface area contributed by atoms with Crippen molar-refractivity contribution in [2.45, 2.75) is 20.8 Å². The Morgan fingerprint density at radius 3 is 2.62 bits per heavy atom. The van der Waals surface area contributed by atoms with Gasteiger partial charge in [0, 0.05) is 5.69 Å².